The van der Waals surface area contributed by atoms with Gasteiger partial charge in [-0.3, -0.25) is 4.68 Å². The summed E-state index contributed by atoms with van der Waals surface area (Å²) in [6.45, 7) is 0. The third-order valence-electron chi connectivity index (χ3n) is 9.88. The number of hydrogen-bond acceptors (Lipinski definition) is 2. The van der Waals surface area contributed by atoms with Gasteiger partial charge in [-0.05, 0) is 56.6 Å². The summed E-state index contributed by atoms with van der Waals surface area (Å²) in [5.41, 5.74) is 11.3. The first-order valence-corrected chi connectivity index (χ1v) is 18.2. The van der Waals surface area contributed by atoms with Crippen molar-refractivity contribution in [3.8, 4) is 50.6 Å². The van der Waals surface area contributed by atoms with Crippen molar-refractivity contribution in [3.63, 3.8) is 0 Å². The molecule has 0 N–H and O–H groups in total. The fraction of sp³-hybridized carbons (Fsp3) is 0. The van der Waals surface area contributed by atoms with E-state index < -0.39 is 0 Å². The van der Waals surface area contributed by atoms with E-state index in [9.17, 15) is 0 Å². The van der Waals surface area contributed by atoms with Gasteiger partial charge in [-0.2, -0.15) is 17.2 Å². The number of benzene rings is 8. The Morgan fingerprint density at radius 2 is 1.11 bits per heavy atom. The number of para-hydroxylation sites is 1. The van der Waals surface area contributed by atoms with E-state index in [1.165, 1.54) is 0 Å². The summed E-state index contributed by atoms with van der Waals surface area (Å²) >= 11 is 0. The van der Waals surface area contributed by atoms with Crippen molar-refractivity contribution >= 4 is 39.5 Å². The van der Waals surface area contributed by atoms with Crippen molar-refractivity contribution in [1.29, 1.82) is 0 Å². The van der Waals surface area contributed by atoms with Crippen LogP contribution in [0.25, 0.3) is 49.8 Å². The first-order chi connectivity index (χ1) is 27.3. The average Bonchev–Trinajstić information content (AvgIpc) is 3.91. The molecule has 0 unspecified atom stereocenters. The molecule has 1 aliphatic heterocycles. The monoisotopic (exact) mass is 899 g/mol. The summed E-state index contributed by atoms with van der Waals surface area (Å²) in [6, 6.07) is 73.3. The maximum atomic E-state index is 6.44. The molecule has 56 heavy (non-hydrogen) atoms. The predicted octanol–water partition coefficient (Wildman–Crippen LogP) is 12.3. The Bertz CT molecular complexity index is 2880. The standard InChI is InChI=1S/C50H32N4O.Pt/c1-4-15-36(16-5-1)40-33-51-54(34-40)42-23-13-25-44(32-42)55-43-24-12-22-41(31-43)52-35-53(50-47-26-11-10-21-39(47)29-30-48(50)52)49-45(37-17-6-2-7-18-37)27-14-28-46(49)38-19-8-3-9-20-38;/h1-30,33-34H;/q;+2. The van der Waals surface area contributed by atoms with Gasteiger partial charge in [0, 0.05) is 29.3 Å². The molecule has 1 aromatic heterocycles. The van der Waals surface area contributed by atoms with Gasteiger partial charge in [-0.15, -0.1) is 24.3 Å². The van der Waals surface area contributed by atoms with E-state index in [0.717, 1.165) is 72.6 Å². The normalized spacial score (nSPS) is 11.7. The van der Waals surface area contributed by atoms with Crippen LogP contribution in [0.4, 0.5) is 22.7 Å². The Balaban J connectivity index is 0.00000410. The van der Waals surface area contributed by atoms with Crippen LogP contribution >= 0.6 is 0 Å². The first kappa shape index (κ1) is 34.8. The molecule has 0 fully saturated rings. The van der Waals surface area contributed by atoms with Crippen LogP contribution in [0.15, 0.2) is 194 Å². The molecule has 1 aliphatic rings. The first-order valence-electron chi connectivity index (χ1n) is 18.2. The average molecular weight is 900 g/mol. The molecule has 0 saturated carbocycles. The topological polar surface area (TPSA) is 33.1 Å². The minimum Gasteiger partial charge on any atom is -0.509 e. The molecule has 8 aromatic carbocycles. The molecular formula is C50H32N4OPt+2. The van der Waals surface area contributed by atoms with Crippen LogP contribution in [-0.2, 0) is 21.1 Å². The SMILES string of the molecule is C1=[N+](c2[c-]c(Oc3[c-]c(-n4cc(-c5ccccc5)cn4)ccc3)ccc2)c2ccc3ccccc3c2[N+]=1c1c(-c2ccccc2)cccc1-c1ccccc1.[Pt+2]. The molecular weight excluding hydrogens is 868 g/mol. The van der Waals surface area contributed by atoms with Crippen molar-refractivity contribution in [2.24, 2.45) is 0 Å². The summed E-state index contributed by atoms with van der Waals surface area (Å²) in [5.74, 6) is 1.13. The van der Waals surface area contributed by atoms with Gasteiger partial charge in [0.05, 0.1) is 22.7 Å². The molecule has 0 aliphatic carbocycles. The molecule has 0 amide bonds. The second kappa shape index (κ2) is 15.1. The Hall–Kier alpha value is -6.90. The quantitative estimate of drug-likeness (QED) is 0.112. The second-order valence-electron chi connectivity index (χ2n) is 13.3. The van der Waals surface area contributed by atoms with E-state index in [0.29, 0.717) is 11.5 Å². The zero-order chi connectivity index (χ0) is 36.6. The van der Waals surface area contributed by atoms with Crippen molar-refractivity contribution in [1.82, 2.24) is 18.9 Å². The van der Waals surface area contributed by atoms with E-state index >= 15 is 0 Å². The molecule has 10 rings (SSSR count). The predicted molar refractivity (Wildman–Crippen MR) is 222 cm³/mol. The third-order valence-corrected chi connectivity index (χ3v) is 9.88. The fourth-order valence-corrected chi connectivity index (χ4v) is 7.30. The van der Waals surface area contributed by atoms with Crippen LogP contribution in [0.1, 0.15) is 0 Å². The van der Waals surface area contributed by atoms with Crippen molar-refractivity contribution in [3.05, 3.63) is 207 Å². The zero-order valence-electron chi connectivity index (χ0n) is 30.0. The molecule has 2 heterocycles. The summed E-state index contributed by atoms with van der Waals surface area (Å²) in [4.78, 5) is 0. The van der Waals surface area contributed by atoms with Gasteiger partial charge >= 0.3 is 32.8 Å². The molecule has 0 bridgehead atoms. The van der Waals surface area contributed by atoms with E-state index in [-0.39, 0.29) is 21.1 Å². The van der Waals surface area contributed by atoms with Gasteiger partial charge < -0.3 is 4.74 Å². The Morgan fingerprint density at radius 3 is 1.82 bits per heavy atom. The van der Waals surface area contributed by atoms with Crippen LogP contribution in [0, 0.1) is 12.1 Å². The van der Waals surface area contributed by atoms with Crippen molar-refractivity contribution in [2.75, 3.05) is 0 Å². The second-order valence-corrected chi connectivity index (χ2v) is 13.3. The van der Waals surface area contributed by atoms with E-state index in [2.05, 4.69) is 160 Å². The van der Waals surface area contributed by atoms with E-state index in [4.69, 9.17) is 4.74 Å². The Kier molecular flexibility index (Phi) is 9.39. The smallest absolute Gasteiger partial charge is 0.509 e. The molecule has 0 spiro atoms. The summed E-state index contributed by atoms with van der Waals surface area (Å²) in [6.07, 6.45) is 3.87. The molecule has 0 atom stereocenters. The molecule has 266 valence electrons. The zero-order valence-corrected chi connectivity index (χ0v) is 32.3. The minimum atomic E-state index is 0. The minimum absolute atomic E-state index is 0. The van der Waals surface area contributed by atoms with Gasteiger partial charge in [-0.25, -0.2) is 0 Å². The number of ether oxygens (including phenoxy) is 1. The van der Waals surface area contributed by atoms with Gasteiger partial charge in [0.15, 0.2) is 0 Å². The summed E-state index contributed by atoms with van der Waals surface area (Å²) in [7, 11) is 0. The summed E-state index contributed by atoms with van der Waals surface area (Å²) in [5, 5.41) is 6.89. The number of rotatable bonds is 8. The Labute approximate surface area is 339 Å². The Morgan fingerprint density at radius 1 is 0.500 bits per heavy atom. The largest absolute Gasteiger partial charge is 2.00 e. The number of nitrogens with zero attached hydrogens (tertiary/aromatic N) is 4. The van der Waals surface area contributed by atoms with E-state index in [1.807, 2.05) is 71.7 Å². The summed E-state index contributed by atoms with van der Waals surface area (Å²) < 4.78 is 12.6. The molecule has 0 saturated heterocycles. The maximum Gasteiger partial charge on any atom is 2.00 e. The number of fused-ring (bicyclic) bond motifs is 3. The van der Waals surface area contributed by atoms with Crippen molar-refractivity contribution < 1.29 is 25.8 Å². The molecule has 0 radical (unpaired) electrons. The van der Waals surface area contributed by atoms with Crippen molar-refractivity contribution in [2.45, 2.75) is 0 Å². The van der Waals surface area contributed by atoms with Gasteiger partial charge in [0.25, 0.3) is 5.69 Å². The van der Waals surface area contributed by atoms with Crippen LogP contribution in [-0.4, -0.2) is 15.8 Å². The van der Waals surface area contributed by atoms with E-state index in [1.54, 1.807) is 0 Å². The number of aromatic nitrogens is 2. The molecule has 9 aromatic rings. The van der Waals surface area contributed by atoms with Gasteiger partial charge in [-0.1, -0.05) is 132 Å². The molecule has 5 nitrogen and oxygen atoms in total. The van der Waals surface area contributed by atoms with Crippen LogP contribution < -0.4 is 13.9 Å². The molecule has 6 heteroatoms. The van der Waals surface area contributed by atoms with Crippen LogP contribution in [0.2, 0.25) is 0 Å². The van der Waals surface area contributed by atoms with Crippen LogP contribution in [0.5, 0.6) is 11.5 Å². The van der Waals surface area contributed by atoms with Gasteiger partial charge in [0.2, 0.25) is 5.69 Å². The third kappa shape index (κ3) is 6.50. The van der Waals surface area contributed by atoms with Crippen LogP contribution in [0.3, 0.4) is 0 Å². The number of hydrogen-bond donors (Lipinski definition) is 0. The maximum absolute atomic E-state index is 6.44. The van der Waals surface area contributed by atoms with Gasteiger partial charge in [0.1, 0.15) is 5.69 Å². The fourth-order valence-electron chi connectivity index (χ4n) is 7.30.